The normalized spacial score (nSPS) is 18.0. The lowest BCUT2D eigenvalue weighted by Gasteiger charge is -2.28. The lowest BCUT2D eigenvalue weighted by molar-refractivity contribution is 0.656. The molecule has 1 aromatic carbocycles. The topological polar surface area (TPSA) is 64.7 Å². The molecule has 0 saturated carbocycles. The van der Waals surface area contributed by atoms with E-state index in [4.69, 9.17) is 5.73 Å². The molecule has 0 bridgehead atoms. The van der Waals surface area contributed by atoms with Gasteiger partial charge in [0.25, 0.3) is 0 Å². The molecule has 1 unspecified atom stereocenters. The van der Waals surface area contributed by atoms with Gasteiger partial charge in [0.15, 0.2) is 0 Å². The smallest absolute Gasteiger partial charge is 0.223 e. The first-order chi connectivity index (χ1) is 7.34. The fourth-order valence-corrected chi connectivity index (χ4v) is 1.98. The Labute approximate surface area is 87.2 Å². The number of nitrogens with zero attached hydrogens (tertiary/aromatic N) is 3. The van der Waals surface area contributed by atoms with Crippen molar-refractivity contribution in [3.05, 3.63) is 47.5 Å². The molecule has 0 aliphatic heterocycles. The van der Waals surface area contributed by atoms with E-state index in [9.17, 15) is 0 Å². The summed E-state index contributed by atoms with van der Waals surface area (Å²) < 4.78 is 0. The highest BCUT2D eigenvalue weighted by atomic mass is 15.1. The fourth-order valence-electron chi connectivity index (χ4n) is 1.98. The van der Waals surface area contributed by atoms with Crippen LogP contribution in [0.1, 0.15) is 22.9 Å². The van der Waals surface area contributed by atoms with E-state index in [0.29, 0.717) is 11.9 Å². The van der Waals surface area contributed by atoms with Gasteiger partial charge in [0.05, 0.1) is 0 Å². The molecule has 3 rings (SSSR count). The summed E-state index contributed by atoms with van der Waals surface area (Å²) in [6.45, 7) is 0. The maximum Gasteiger partial charge on any atom is 0.223 e. The summed E-state index contributed by atoms with van der Waals surface area (Å²) >= 11 is 0. The van der Waals surface area contributed by atoms with Gasteiger partial charge in [0.2, 0.25) is 5.95 Å². The molecular formula is C11H10N4. The van der Waals surface area contributed by atoms with Crippen LogP contribution in [0.3, 0.4) is 0 Å². The van der Waals surface area contributed by atoms with E-state index in [1.165, 1.54) is 17.5 Å². The second-order valence-corrected chi connectivity index (χ2v) is 3.66. The Balaban J connectivity index is 2.00. The average molecular weight is 198 g/mol. The molecule has 0 radical (unpaired) electrons. The number of anilines is 1. The standard InChI is InChI=1S/C11H10N4/c12-11-14-6-13-10(15-11)9-5-7-3-1-2-4-8(7)9/h1-4,6,9H,5H2,(H2,12,13,14,15). The first-order valence-corrected chi connectivity index (χ1v) is 4.87. The Morgan fingerprint density at radius 2 is 2.07 bits per heavy atom. The summed E-state index contributed by atoms with van der Waals surface area (Å²) in [6.07, 6.45) is 2.47. The molecule has 1 heterocycles. The zero-order valence-corrected chi connectivity index (χ0v) is 8.09. The molecule has 2 aromatic rings. The van der Waals surface area contributed by atoms with Crippen LogP contribution in [0.5, 0.6) is 0 Å². The van der Waals surface area contributed by atoms with Crippen LogP contribution in [-0.2, 0) is 6.42 Å². The van der Waals surface area contributed by atoms with E-state index in [0.717, 1.165) is 12.2 Å². The zero-order chi connectivity index (χ0) is 10.3. The lowest BCUT2D eigenvalue weighted by Crippen LogP contribution is -2.20. The van der Waals surface area contributed by atoms with Crippen molar-refractivity contribution in [3.63, 3.8) is 0 Å². The molecule has 0 saturated heterocycles. The van der Waals surface area contributed by atoms with Gasteiger partial charge in [-0.05, 0) is 17.5 Å². The molecule has 1 aliphatic carbocycles. The second kappa shape index (κ2) is 3.02. The van der Waals surface area contributed by atoms with Crippen molar-refractivity contribution in [3.8, 4) is 0 Å². The molecule has 1 aromatic heterocycles. The predicted octanol–water partition coefficient (Wildman–Crippen LogP) is 1.14. The first-order valence-electron chi connectivity index (χ1n) is 4.87. The van der Waals surface area contributed by atoms with Crippen molar-refractivity contribution in [2.45, 2.75) is 12.3 Å². The molecular weight excluding hydrogens is 188 g/mol. The van der Waals surface area contributed by atoms with Gasteiger partial charge < -0.3 is 5.73 Å². The van der Waals surface area contributed by atoms with Crippen LogP contribution in [0, 0.1) is 0 Å². The van der Waals surface area contributed by atoms with Crippen molar-refractivity contribution < 1.29 is 0 Å². The van der Waals surface area contributed by atoms with E-state index >= 15 is 0 Å². The summed E-state index contributed by atoms with van der Waals surface area (Å²) in [5.74, 6) is 1.37. The van der Waals surface area contributed by atoms with Crippen molar-refractivity contribution in [2.24, 2.45) is 0 Å². The number of benzene rings is 1. The van der Waals surface area contributed by atoms with Gasteiger partial charge in [-0.3, -0.25) is 0 Å². The third kappa shape index (κ3) is 1.26. The van der Waals surface area contributed by atoms with Crippen LogP contribution in [0.2, 0.25) is 0 Å². The van der Waals surface area contributed by atoms with Crippen LogP contribution in [0.4, 0.5) is 5.95 Å². The number of nitrogen functional groups attached to an aromatic ring is 1. The van der Waals surface area contributed by atoms with E-state index < -0.39 is 0 Å². The maximum atomic E-state index is 5.53. The number of rotatable bonds is 1. The summed E-state index contributed by atoms with van der Waals surface area (Å²) in [4.78, 5) is 12.1. The molecule has 4 heteroatoms. The van der Waals surface area contributed by atoms with Gasteiger partial charge in [-0.15, -0.1) is 0 Å². The van der Waals surface area contributed by atoms with Crippen LogP contribution in [-0.4, -0.2) is 15.0 Å². The number of fused-ring (bicyclic) bond motifs is 1. The molecule has 74 valence electrons. The zero-order valence-electron chi connectivity index (χ0n) is 8.09. The van der Waals surface area contributed by atoms with Gasteiger partial charge in [-0.1, -0.05) is 24.3 Å². The quantitative estimate of drug-likeness (QED) is 0.746. The Morgan fingerprint density at radius 1 is 1.20 bits per heavy atom. The Morgan fingerprint density at radius 3 is 2.87 bits per heavy atom. The van der Waals surface area contributed by atoms with Gasteiger partial charge in [0, 0.05) is 5.92 Å². The highest BCUT2D eigenvalue weighted by molar-refractivity contribution is 5.44. The largest absolute Gasteiger partial charge is 0.368 e. The summed E-state index contributed by atoms with van der Waals surface area (Å²) in [5.41, 5.74) is 8.22. The number of nitrogens with two attached hydrogens (primary N) is 1. The third-order valence-electron chi connectivity index (χ3n) is 2.78. The van der Waals surface area contributed by atoms with Crippen molar-refractivity contribution in [2.75, 3.05) is 5.73 Å². The number of hydrogen-bond donors (Lipinski definition) is 1. The predicted molar refractivity (Wildman–Crippen MR) is 56.2 cm³/mol. The monoisotopic (exact) mass is 198 g/mol. The van der Waals surface area contributed by atoms with Crippen LogP contribution in [0.15, 0.2) is 30.6 Å². The van der Waals surface area contributed by atoms with Crippen molar-refractivity contribution in [1.82, 2.24) is 15.0 Å². The van der Waals surface area contributed by atoms with E-state index in [-0.39, 0.29) is 0 Å². The Kier molecular flexibility index (Phi) is 1.68. The molecule has 2 N–H and O–H groups in total. The number of hydrogen-bond acceptors (Lipinski definition) is 4. The minimum absolute atomic E-state index is 0.296. The molecule has 1 aliphatic rings. The molecule has 0 spiro atoms. The summed E-state index contributed by atoms with van der Waals surface area (Å²) in [7, 11) is 0. The molecule has 15 heavy (non-hydrogen) atoms. The van der Waals surface area contributed by atoms with Crippen LogP contribution < -0.4 is 5.73 Å². The second-order valence-electron chi connectivity index (χ2n) is 3.66. The third-order valence-corrected chi connectivity index (χ3v) is 2.78. The maximum absolute atomic E-state index is 5.53. The minimum Gasteiger partial charge on any atom is -0.368 e. The summed E-state index contributed by atoms with van der Waals surface area (Å²) in [6, 6.07) is 8.34. The van der Waals surface area contributed by atoms with E-state index in [1.54, 1.807) is 0 Å². The summed E-state index contributed by atoms with van der Waals surface area (Å²) in [5, 5.41) is 0. The van der Waals surface area contributed by atoms with Crippen LogP contribution in [0.25, 0.3) is 0 Å². The molecule has 0 amide bonds. The van der Waals surface area contributed by atoms with Crippen molar-refractivity contribution in [1.29, 1.82) is 0 Å². The van der Waals surface area contributed by atoms with Gasteiger partial charge >= 0.3 is 0 Å². The molecule has 4 nitrogen and oxygen atoms in total. The minimum atomic E-state index is 0.296. The Bertz CT molecular complexity index is 509. The Hall–Kier alpha value is -1.97. The number of aromatic nitrogens is 3. The van der Waals surface area contributed by atoms with Gasteiger partial charge in [-0.2, -0.15) is 4.98 Å². The van der Waals surface area contributed by atoms with E-state index in [1.807, 2.05) is 6.07 Å². The average Bonchev–Trinajstić information content (AvgIpc) is 2.20. The molecule has 1 atom stereocenters. The van der Waals surface area contributed by atoms with Gasteiger partial charge in [-0.25, -0.2) is 9.97 Å². The van der Waals surface area contributed by atoms with Gasteiger partial charge in [0.1, 0.15) is 12.2 Å². The van der Waals surface area contributed by atoms with Crippen molar-refractivity contribution >= 4 is 5.95 Å². The highest BCUT2D eigenvalue weighted by Gasteiger charge is 2.29. The lowest BCUT2D eigenvalue weighted by atomic mass is 9.77. The molecule has 0 fully saturated rings. The fraction of sp³-hybridized carbons (Fsp3) is 0.182. The first kappa shape index (κ1) is 8.35. The van der Waals surface area contributed by atoms with E-state index in [2.05, 4.69) is 33.2 Å². The highest BCUT2D eigenvalue weighted by Crippen LogP contribution is 2.37. The SMILES string of the molecule is Nc1ncnc(C2Cc3ccccc32)n1. The van der Waals surface area contributed by atoms with Crippen LogP contribution >= 0.6 is 0 Å².